The maximum Gasteiger partial charge on any atom is 0.0436 e. The lowest BCUT2D eigenvalue weighted by Gasteiger charge is -2.18. The molecule has 0 radical (unpaired) electrons. The van der Waals surface area contributed by atoms with Crippen LogP contribution in [-0.2, 0) is 19.5 Å². The maximum absolute atomic E-state index is 2.45. The highest BCUT2D eigenvalue weighted by molar-refractivity contribution is 5.52. The van der Waals surface area contributed by atoms with E-state index in [9.17, 15) is 0 Å². The molecule has 3 rings (SSSR count). The van der Waals surface area contributed by atoms with Crippen molar-refractivity contribution >= 4 is 5.69 Å². The van der Waals surface area contributed by atoms with Gasteiger partial charge in [0.25, 0.3) is 0 Å². The second-order valence-electron chi connectivity index (χ2n) is 5.39. The minimum absolute atomic E-state index is 1.05. The first-order valence-electron chi connectivity index (χ1n) is 7.27. The zero-order valence-corrected chi connectivity index (χ0v) is 11.6. The van der Waals surface area contributed by atoms with E-state index in [4.69, 9.17) is 0 Å². The Balaban J connectivity index is 1.71. The third-order valence-corrected chi connectivity index (χ3v) is 3.96. The van der Waals surface area contributed by atoms with Crippen LogP contribution in [0.4, 0.5) is 5.69 Å². The SMILES string of the molecule is CCCCc1ccc(N2Cc3ccccc3C2)cc1. The summed E-state index contributed by atoms with van der Waals surface area (Å²) in [7, 11) is 0. The van der Waals surface area contributed by atoms with Gasteiger partial charge in [-0.3, -0.25) is 0 Å². The van der Waals surface area contributed by atoms with Crippen LogP contribution in [0.2, 0.25) is 0 Å². The molecule has 0 atom stereocenters. The monoisotopic (exact) mass is 251 g/mol. The summed E-state index contributed by atoms with van der Waals surface area (Å²) in [5, 5.41) is 0. The normalized spacial score (nSPS) is 13.6. The molecule has 1 heteroatoms. The predicted octanol–water partition coefficient (Wildman–Crippen LogP) is 4.55. The van der Waals surface area contributed by atoms with Crippen LogP contribution in [0.25, 0.3) is 0 Å². The molecule has 98 valence electrons. The van der Waals surface area contributed by atoms with Gasteiger partial charge in [-0.25, -0.2) is 0 Å². The second kappa shape index (κ2) is 5.48. The third-order valence-electron chi connectivity index (χ3n) is 3.96. The average molecular weight is 251 g/mol. The Kier molecular flexibility index (Phi) is 3.54. The van der Waals surface area contributed by atoms with Crippen LogP contribution in [0.1, 0.15) is 36.5 Å². The van der Waals surface area contributed by atoms with Crippen LogP contribution in [0.3, 0.4) is 0 Å². The van der Waals surface area contributed by atoms with Crippen LogP contribution in [-0.4, -0.2) is 0 Å². The molecule has 0 N–H and O–H groups in total. The molecule has 0 saturated heterocycles. The van der Waals surface area contributed by atoms with E-state index in [-0.39, 0.29) is 0 Å². The van der Waals surface area contributed by atoms with Gasteiger partial charge < -0.3 is 4.90 Å². The van der Waals surface area contributed by atoms with Gasteiger partial charge in [0.2, 0.25) is 0 Å². The molecule has 0 unspecified atom stereocenters. The van der Waals surface area contributed by atoms with Gasteiger partial charge in [-0.15, -0.1) is 0 Å². The number of hydrogen-bond acceptors (Lipinski definition) is 1. The molecule has 1 aliphatic rings. The summed E-state index contributed by atoms with van der Waals surface area (Å²) < 4.78 is 0. The van der Waals surface area contributed by atoms with Crippen LogP contribution < -0.4 is 4.90 Å². The fraction of sp³-hybridized carbons (Fsp3) is 0.333. The Labute approximate surface area is 115 Å². The van der Waals surface area contributed by atoms with Crippen LogP contribution in [0.5, 0.6) is 0 Å². The van der Waals surface area contributed by atoms with Crippen molar-refractivity contribution in [3.05, 3.63) is 65.2 Å². The first-order chi connectivity index (χ1) is 9.36. The van der Waals surface area contributed by atoms with Crippen molar-refractivity contribution in [3.63, 3.8) is 0 Å². The zero-order chi connectivity index (χ0) is 13.1. The average Bonchev–Trinajstić information content (AvgIpc) is 2.89. The molecule has 1 heterocycles. The first kappa shape index (κ1) is 12.3. The van der Waals surface area contributed by atoms with Crippen molar-refractivity contribution in [2.75, 3.05) is 4.90 Å². The number of nitrogens with zero attached hydrogens (tertiary/aromatic N) is 1. The zero-order valence-electron chi connectivity index (χ0n) is 11.6. The minimum Gasteiger partial charge on any atom is -0.363 e. The molecule has 0 spiro atoms. The van der Waals surface area contributed by atoms with Crippen LogP contribution in [0.15, 0.2) is 48.5 Å². The van der Waals surface area contributed by atoms with E-state index in [1.165, 1.54) is 41.6 Å². The van der Waals surface area contributed by atoms with E-state index in [1.807, 2.05) is 0 Å². The van der Waals surface area contributed by atoms with E-state index >= 15 is 0 Å². The summed E-state index contributed by atoms with van der Waals surface area (Å²) in [6, 6.07) is 17.9. The molecule has 1 nitrogen and oxygen atoms in total. The predicted molar refractivity (Wildman–Crippen MR) is 81.4 cm³/mol. The van der Waals surface area contributed by atoms with E-state index in [2.05, 4.69) is 60.4 Å². The van der Waals surface area contributed by atoms with Crippen molar-refractivity contribution in [2.45, 2.75) is 39.3 Å². The van der Waals surface area contributed by atoms with E-state index in [0.29, 0.717) is 0 Å². The number of rotatable bonds is 4. The molecule has 2 aromatic carbocycles. The van der Waals surface area contributed by atoms with Crippen LogP contribution >= 0.6 is 0 Å². The number of fused-ring (bicyclic) bond motifs is 1. The molecule has 0 aromatic heterocycles. The molecule has 1 aliphatic heterocycles. The van der Waals surface area contributed by atoms with Gasteiger partial charge >= 0.3 is 0 Å². The summed E-state index contributed by atoms with van der Waals surface area (Å²) in [6.07, 6.45) is 3.76. The van der Waals surface area contributed by atoms with Gasteiger partial charge in [0.1, 0.15) is 0 Å². The molecular weight excluding hydrogens is 230 g/mol. The van der Waals surface area contributed by atoms with Gasteiger partial charge in [-0.1, -0.05) is 49.7 Å². The molecule has 0 saturated carbocycles. The Morgan fingerprint density at radius 2 is 1.53 bits per heavy atom. The van der Waals surface area contributed by atoms with Gasteiger partial charge in [0, 0.05) is 18.8 Å². The highest BCUT2D eigenvalue weighted by Gasteiger charge is 2.18. The Hall–Kier alpha value is -1.76. The van der Waals surface area contributed by atoms with Crippen molar-refractivity contribution in [1.29, 1.82) is 0 Å². The Morgan fingerprint density at radius 1 is 0.895 bits per heavy atom. The number of benzene rings is 2. The maximum atomic E-state index is 2.45. The molecule has 0 aliphatic carbocycles. The van der Waals surface area contributed by atoms with Crippen LogP contribution in [0, 0.1) is 0 Å². The number of aryl methyl sites for hydroxylation is 1. The molecule has 2 aromatic rings. The number of unbranched alkanes of at least 4 members (excludes halogenated alkanes) is 1. The molecule has 0 amide bonds. The summed E-state index contributed by atoms with van der Waals surface area (Å²) in [4.78, 5) is 2.45. The molecular formula is C18H21N. The summed E-state index contributed by atoms with van der Waals surface area (Å²) >= 11 is 0. The second-order valence-corrected chi connectivity index (χ2v) is 5.39. The highest BCUT2D eigenvalue weighted by Crippen LogP contribution is 2.28. The first-order valence-corrected chi connectivity index (χ1v) is 7.27. The highest BCUT2D eigenvalue weighted by atomic mass is 15.1. The largest absolute Gasteiger partial charge is 0.363 e. The number of anilines is 1. The van der Waals surface area contributed by atoms with Gasteiger partial charge in [0.15, 0.2) is 0 Å². The van der Waals surface area contributed by atoms with Gasteiger partial charge in [0.05, 0.1) is 0 Å². The summed E-state index contributed by atoms with van der Waals surface area (Å²) in [6.45, 7) is 4.34. The van der Waals surface area contributed by atoms with Gasteiger partial charge in [-0.05, 0) is 41.7 Å². The quantitative estimate of drug-likeness (QED) is 0.770. The summed E-state index contributed by atoms with van der Waals surface area (Å²) in [5.41, 5.74) is 5.74. The van der Waals surface area contributed by atoms with E-state index < -0.39 is 0 Å². The molecule has 19 heavy (non-hydrogen) atoms. The van der Waals surface area contributed by atoms with Crippen molar-refractivity contribution < 1.29 is 0 Å². The Morgan fingerprint density at radius 3 is 2.11 bits per heavy atom. The Bertz CT molecular complexity index is 517. The number of hydrogen-bond donors (Lipinski definition) is 0. The molecule has 0 fully saturated rings. The van der Waals surface area contributed by atoms with Crippen molar-refractivity contribution in [3.8, 4) is 0 Å². The fourth-order valence-electron chi connectivity index (χ4n) is 2.77. The smallest absolute Gasteiger partial charge is 0.0436 e. The van der Waals surface area contributed by atoms with Gasteiger partial charge in [-0.2, -0.15) is 0 Å². The summed E-state index contributed by atoms with van der Waals surface area (Å²) in [5.74, 6) is 0. The third kappa shape index (κ3) is 2.65. The van der Waals surface area contributed by atoms with E-state index in [1.54, 1.807) is 0 Å². The standard InChI is InChI=1S/C18H21N/c1-2-3-6-15-9-11-18(12-10-15)19-13-16-7-4-5-8-17(16)14-19/h4-5,7-12H,2-3,6,13-14H2,1H3. The lowest BCUT2D eigenvalue weighted by atomic mass is 10.1. The van der Waals surface area contributed by atoms with Crippen molar-refractivity contribution in [1.82, 2.24) is 0 Å². The fourth-order valence-corrected chi connectivity index (χ4v) is 2.77. The molecule has 0 bridgehead atoms. The lowest BCUT2D eigenvalue weighted by molar-refractivity contribution is 0.794. The van der Waals surface area contributed by atoms with E-state index in [0.717, 1.165) is 13.1 Å². The van der Waals surface area contributed by atoms with Crippen molar-refractivity contribution in [2.24, 2.45) is 0 Å². The topological polar surface area (TPSA) is 3.24 Å². The lowest BCUT2D eigenvalue weighted by Crippen LogP contribution is -2.14. The minimum atomic E-state index is 1.05.